The number of nitrogens with zero attached hydrogens (tertiary/aromatic N) is 1. The normalized spacial score (nSPS) is 16.2. The fourth-order valence-electron chi connectivity index (χ4n) is 0.535. The molecule has 0 aromatic carbocycles. The summed E-state index contributed by atoms with van der Waals surface area (Å²) < 4.78 is 0. The number of aliphatic carboxylic acids is 1. The van der Waals surface area contributed by atoms with Gasteiger partial charge in [-0.05, 0) is 0 Å². The predicted molar refractivity (Wildman–Crippen MR) is 34.7 cm³/mol. The lowest BCUT2D eigenvalue weighted by atomic mass is 10.4. The van der Waals surface area contributed by atoms with Crippen molar-refractivity contribution in [3.8, 4) is 0 Å². The van der Waals surface area contributed by atoms with Gasteiger partial charge >= 0.3 is 5.97 Å². The van der Waals surface area contributed by atoms with Gasteiger partial charge in [-0.25, -0.2) is 4.79 Å². The molecule has 0 amide bonds. The highest BCUT2D eigenvalue weighted by molar-refractivity contribution is 6.36. The zero-order valence-corrected chi connectivity index (χ0v) is 5.22. The molecule has 1 aliphatic heterocycles. The van der Waals surface area contributed by atoms with Crippen LogP contribution in [0, 0.1) is 0 Å². The maximum atomic E-state index is 10.1. The van der Waals surface area contributed by atoms with Gasteiger partial charge in [-0.15, -0.1) is 0 Å². The van der Waals surface area contributed by atoms with E-state index in [1.807, 2.05) is 0 Å². The van der Waals surface area contributed by atoms with E-state index in [9.17, 15) is 4.79 Å². The van der Waals surface area contributed by atoms with E-state index < -0.39 is 5.97 Å². The van der Waals surface area contributed by atoms with Crippen LogP contribution < -0.4 is 10.7 Å². The lowest BCUT2D eigenvalue weighted by Crippen LogP contribution is -2.40. The van der Waals surface area contributed by atoms with E-state index in [0.717, 1.165) is 0 Å². The van der Waals surface area contributed by atoms with Crippen LogP contribution in [0.1, 0.15) is 0 Å². The zero-order valence-electron chi connectivity index (χ0n) is 5.22. The van der Waals surface area contributed by atoms with E-state index in [1.54, 1.807) is 0 Å². The minimum atomic E-state index is -0.977. The van der Waals surface area contributed by atoms with Crippen LogP contribution in [-0.2, 0) is 4.79 Å². The smallest absolute Gasteiger partial charge is 0.353 e. The second kappa shape index (κ2) is 3.80. The molecule has 6 heteroatoms. The van der Waals surface area contributed by atoms with E-state index in [4.69, 9.17) is 5.11 Å². The SMILES string of the molecule is O.O=C(O)C1=NNCNC1. The fraction of sp³-hybridized carbons (Fsp3) is 0.500. The minimum Gasteiger partial charge on any atom is -0.477 e. The second-order valence-corrected chi connectivity index (χ2v) is 1.63. The number of rotatable bonds is 1. The molecule has 0 spiro atoms. The van der Waals surface area contributed by atoms with Crippen LogP contribution in [0.2, 0.25) is 0 Å². The molecular formula is C4H9N3O3. The van der Waals surface area contributed by atoms with Gasteiger partial charge < -0.3 is 10.6 Å². The summed E-state index contributed by atoms with van der Waals surface area (Å²) in [6.45, 7) is 0.874. The molecule has 1 aliphatic rings. The number of nitrogens with one attached hydrogen (secondary N) is 2. The van der Waals surface area contributed by atoms with E-state index in [-0.39, 0.29) is 11.2 Å². The Balaban J connectivity index is 0.000000810. The first-order chi connectivity index (χ1) is 4.30. The lowest BCUT2D eigenvalue weighted by molar-refractivity contribution is -0.129. The third-order valence-electron chi connectivity index (χ3n) is 0.957. The van der Waals surface area contributed by atoms with Gasteiger partial charge in [0.2, 0.25) is 0 Å². The molecule has 0 aromatic rings. The monoisotopic (exact) mass is 147 g/mol. The molecule has 0 saturated carbocycles. The quantitative estimate of drug-likeness (QED) is 0.389. The molecule has 0 bridgehead atoms. The topological polar surface area (TPSA) is 105 Å². The molecule has 0 radical (unpaired) electrons. The van der Waals surface area contributed by atoms with Crippen LogP contribution in [0.15, 0.2) is 5.10 Å². The van der Waals surface area contributed by atoms with Gasteiger partial charge in [0, 0.05) is 6.54 Å². The van der Waals surface area contributed by atoms with E-state index in [0.29, 0.717) is 13.2 Å². The number of hydrazone groups is 1. The summed E-state index contributed by atoms with van der Waals surface area (Å²) in [4.78, 5) is 10.1. The highest BCUT2D eigenvalue weighted by Crippen LogP contribution is 1.79. The average molecular weight is 147 g/mol. The first kappa shape index (κ1) is 8.86. The Morgan fingerprint density at radius 3 is 2.70 bits per heavy atom. The van der Waals surface area contributed by atoms with Crippen LogP contribution in [-0.4, -0.2) is 35.5 Å². The molecule has 0 saturated heterocycles. The number of carbonyl (C=O) groups is 1. The van der Waals surface area contributed by atoms with Gasteiger partial charge in [0.1, 0.15) is 0 Å². The molecule has 0 aliphatic carbocycles. The molecular weight excluding hydrogens is 138 g/mol. The van der Waals surface area contributed by atoms with Crippen molar-refractivity contribution in [1.29, 1.82) is 0 Å². The van der Waals surface area contributed by atoms with E-state index in [1.165, 1.54) is 0 Å². The van der Waals surface area contributed by atoms with Crippen molar-refractivity contribution in [2.24, 2.45) is 5.10 Å². The van der Waals surface area contributed by atoms with Crippen molar-refractivity contribution in [3.05, 3.63) is 0 Å². The summed E-state index contributed by atoms with van der Waals surface area (Å²) in [7, 11) is 0. The average Bonchev–Trinajstić information content (AvgIpc) is 1.90. The highest BCUT2D eigenvalue weighted by Gasteiger charge is 2.10. The fourth-order valence-corrected chi connectivity index (χ4v) is 0.535. The van der Waals surface area contributed by atoms with Gasteiger partial charge in [0.15, 0.2) is 5.71 Å². The summed E-state index contributed by atoms with van der Waals surface area (Å²) in [5.74, 6) is -0.977. The van der Waals surface area contributed by atoms with Gasteiger partial charge in [0.25, 0.3) is 0 Å². The Hall–Kier alpha value is -1.14. The van der Waals surface area contributed by atoms with E-state index in [2.05, 4.69) is 15.8 Å². The Kier molecular flexibility index (Phi) is 3.37. The molecule has 0 aromatic heterocycles. The van der Waals surface area contributed by atoms with Crippen LogP contribution in [0.5, 0.6) is 0 Å². The zero-order chi connectivity index (χ0) is 6.69. The van der Waals surface area contributed by atoms with Crippen molar-refractivity contribution >= 4 is 11.7 Å². The van der Waals surface area contributed by atoms with Crippen molar-refractivity contribution in [3.63, 3.8) is 0 Å². The molecule has 58 valence electrons. The summed E-state index contributed by atoms with van der Waals surface area (Å²) in [5, 5.41) is 14.7. The third-order valence-corrected chi connectivity index (χ3v) is 0.957. The highest BCUT2D eigenvalue weighted by atomic mass is 16.4. The lowest BCUT2D eigenvalue weighted by Gasteiger charge is -2.10. The van der Waals surface area contributed by atoms with Crippen LogP contribution in [0.4, 0.5) is 0 Å². The van der Waals surface area contributed by atoms with E-state index >= 15 is 0 Å². The standard InChI is InChI=1S/C4H7N3O2.H2O/c8-4(9)3-1-5-2-6-7-3;/h5-6H,1-2H2,(H,8,9);1H2. The van der Waals surface area contributed by atoms with Gasteiger partial charge in [-0.3, -0.25) is 10.7 Å². The molecule has 5 N–H and O–H groups in total. The first-order valence-corrected chi connectivity index (χ1v) is 2.54. The van der Waals surface area contributed by atoms with Crippen LogP contribution in [0.25, 0.3) is 0 Å². The van der Waals surface area contributed by atoms with Gasteiger partial charge in [0.05, 0.1) is 6.67 Å². The number of hydrogen-bond donors (Lipinski definition) is 3. The van der Waals surface area contributed by atoms with Crippen molar-refractivity contribution < 1.29 is 15.4 Å². The molecule has 0 fully saturated rings. The van der Waals surface area contributed by atoms with Crippen molar-refractivity contribution in [2.75, 3.05) is 13.2 Å². The molecule has 0 unspecified atom stereocenters. The third kappa shape index (κ3) is 2.00. The van der Waals surface area contributed by atoms with Crippen LogP contribution >= 0.6 is 0 Å². The Bertz CT molecular complexity index is 156. The largest absolute Gasteiger partial charge is 0.477 e. The molecule has 0 atom stereocenters. The summed E-state index contributed by atoms with van der Waals surface area (Å²) in [6.07, 6.45) is 0. The number of carboxylic acids is 1. The van der Waals surface area contributed by atoms with Crippen molar-refractivity contribution in [2.45, 2.75) is 0 Å². The minimum absolute atomic E-state index is 0. The van der Waals surface area contributed by atoms with Crippen LogP contribution in [0.3, 0.4) is 0 Å². The second-order valence-electron chi connectivity index (χ2n) is 1.63. The first-order valence-electron chi connectivity index (χ1n) is 2.54. The summed E-state index contributed by atoms with van der Waals surface area (Å²) in [5.41, 5.74) is 2.64. The Labute approximate surface area is 57.2 Å². The molecule has 10 heavy (non-hydrogen) atoms. The predicted octanol–water partition coefficient (Wildman–Crippen LogP) is -2.25. The molecule has 1 heterocycles. The number of hydrogen-bond acceptors (Lipinski definition) is 4. The van der Waals surface area contributed by atoms with Crippen molar-refractivity contribution in [1.82, 2.24) is 10.7 Å². The molecule has 6 nitrogen and oxygen atoms in total. The molecule has 1 rings (SSSR count). The van der Waals surface area contributed by atoms with Gasteiger partial charge in [-0.2, -0.15) is 5.10 Å². The number of carboxylic acid groups (broad SMARTS) is 1. The van der Waals surface area contributed by atoms with Gasteiger partial charge in [-0.1, -0.05) is 0 Å². The maximum absolute atomic E-state index is 10.1. The Morgan fingerprint density at radius 2 is 2.40 bits per heavy atom. The maximum Gasteiger partial charge on any atom is 0.353 e. The summed E-state index contributed by atoms with van der Waals surface area (Å²) in [6, 6.07) is 0. The summed E-state index contributed by atoms with van der Waals surface area (Å²) >= 11 is 0. The Morgan fingerprint density at radius 1 is 1.70 bits per heavy atom.